The van der Waals surface area contributed by atoms with E-state index >= 15 is 0 Å². The van der Waals surface area contributed by atoms with Crippen molar-refractivity contribution in [3.8, 4) is 0 Å². The van der Waals surface area contributed by atoms with E-state index in [1.165, 1.54) is 0 Å². The Labute approximate surface area is 84.2 Å². The second kappa shape index (κ2) is 4.57. The Bertz CT molecular complexity index is 279. The van der Waals surface area contributed by atoms with Crippen LogP contribution in [0.2, 0.25) is 0 Å². The van der Waals surface area contributed by atoms with Crippen molar-refractivity contribution in [1.29, 1.82) is 0 Å². The molecule has 2 N–H and O–H groups in total. The van der Waals surface area contributed by atoms with Crippen molar-refractivity contribution in [3.05, 3.63) is 18.2 Å². The van der Waals surface area contributed by atoms with Gasteiger partial charge in [-0.15, -0.1) is 0 Å². The third kappa shape index (κ3) is 2.56. The highest BCUT2D eigenvalue weighted by atomic mass is 16.3. The first-order valence-electron chi connectivity index (χ1n) is 4.79. The molecule has 4 nitrogen and oxygen atoms in total. The zero-order valence-corrected chi connectivity index (χ0v) is 8.77. The van der Waals surface area contributed by atoms with Crippen LogP contribution in [0.1, 0.15) is 19.2 Å². The molecular weight excluding hydrogens is 180 g/mol. The second-order valence-electron chi connectivity index (χ2n) is 4.08. The van der Waals surface area contributed by atoms with E-state index in [-0.39, 0.29) is 13.2 Å². The summed E-state index contributed by atoms with van der Waals surface area (Å²) in [6, 6.07) is 0. The van der Waals surface area contributed by atoms with Gasteiger partial charge in [0, 0.05) is 31.3 Å². The van der Waals surface area contributed by atoms with Gasteiger partial charge in [0.05, 0.1) is 13.2 Å². The molecule has 0 amide bonds. The summed E-state index contributed by atoms with van der Waals surface area (Å²) in [6.07, 6.45) is 5.17. The highest BCUT2D eigenvalue weighted by molar-refractivity contribution is 4.92. The van der Waals surface area contributed by atoms with Gasteiger partial charge in [-0.25, -0.2) is 4.98 Å². The van der Waals surface area contributed by atoms with Crippen LogP contribution in [0.15, 0.2) is 12.4 Å². The van der Waals surface area contributed by atoms with E-state index in [2.05, 4.69) is 4.98 Å². The molecule has 0 aliphatic carbocycles. The van der Waals surface area contributed by atoms with E-state index in [4.69, 9.17) is 10.2 Å². The predicted octanol–water partition coefficient (Wildman–Crippen LogP) is 0.344. The number of aromatic nitrogens is 2. The van der Waals surface area contributed by atoms with Crippen molar-refractivity contribution < 1.29 is 10.2 Å². The van der Waals surface area contributed by atoms with E-state index in [0.29, 0.717) is 0 Å². The summed E-state index contributed by atoms with van der Waals surface area (Å²) in [4.78, 5) is 4.19. The van der Waals surface area contributed by atoms with Crippen LogP contribution in [0.25, 0.3) is 0 Å². The van der Waals surface area contributed by atoms with Crippen molar-refractivity contribution in [3.63, 3.8) is 0 Å². The maximum absolute atomic E-state index is 9.10. The van der Waals surface area contributed by atoms with Crippen LogP contribution >= 0.6 is 0 Å². The fourth-order valence-corrected chi connectivity index (χ4v) is 1.26. The van der Waals surface area contributed by atoms with E-state index in [1.807, 2.05) is 24.7 Å². The summed E-state index contributed by atoms with van der Waals surface area (Å²) in [6.45, 7) is 1.89. The highest BCUT2D eigenvalue weighted by Gasteiger charge is 2.22. The van der Waals surface area contributed by atoms with Crippen LogP contribution in [0.4, 0.5) is 0 Å². The molecule has 1 aromatic rings. The largest absolute Gasteiger partial charge is 0.396 e. The maximum Gasteiger partial charge on any atom is 0.108 e. The lowest BCUT2D eigenvalue weighted by atomic mass is 9.87. The van der Waals surface area contributed by atoms with Crippen molar-refractivity contribution in [2.24, 2.45) is 12.5 Å². The van der Waals surface area contributed by atoms with Crippen molar-refractivity contribution in [2.75, 3.05) is 13.2 Å². The molecule has 80 valence electrons. The Balaban J connectivity index is 2.52. The van der Waals surface area contributed by atoms with Gasteiger partial charge in [0.25, 0.3) is 0 Å². The van der Waals surface area contributed by atoms with Gasteiger partial charge in [-0.1, -0.05) is 6.92 Å². The lowest BCUT2D eigenvalue weighted by molar-refractivity contribution is 0.0626. The molecule has 1 rings (SSSR count). The molecule has 0 unspecified atom stereocenters. The Morgan fingerprint density at radius 2 is 2.07 bits per heavy atom. The summed E-state index contributed by atoms with van der Waals surface area (Å²) in [5.41, 5.74) is -0.397. The smallest absolute Gasteiger partial charge is 0.108 e. The van der Waals surface area contributed by atoms with Crippen LogP contribution in [-0.2, 0) is 13.5 Å². The molecule has 0 saturated carbocycles. The van der Waals surface area contributed by atoms with E-state index in [0.717, 1.165) is 18.7 Å². The molecule has 1 heterocycles. The Morgan fingerprint density at radius 3 is 2.50 bits per heavy atom. The number of rotatable bonds is 5. The van der Waals surface area contributed by atoms with Gasteiger partial charge in [-0.3, -0.25) is 0 Å². The Kier molecular flexibility index (Phi) is 3.66. The van der Waals surface area contributed by atoms with E-state index < -0.39 is 5.41 Å². The molecule has 0 spiro atoms. The molecule has 4 heteroatoms. The average Bonchev–Trinajstić information content (AvgIpc) is 2.61. The Hall–Kier alpha value is -0.870. The molecule has 0 radical (unpaired) electrons. The molecule has 0 aliphatic heterocycles. The normalized spacial score (nSPS) is 12.0. The standard InChI is InChI=1S/C10H18N2O2/c1-10(7-13,8-14)4-3-9-11-5-6-12(9)2/h5-6,13-14H,3-4,7-8H2,1-2H3. The number of nitrogens with zero attached hydrogens (tertiary/aromatic N) is 2. The number of imidazole rings is 1. The van der Waals surface area contributed by atoms with Crippen LogP contribution < -0.4 is 0 Å². The van der Waals surface area contributed by atoms with Gasteiger partial charge >= 0.3 is 0 Å². The van der Waals surface area contributed by atoms with Gasteiger partial charge in [0.1, 0.15) is 5.82 Å². The lowest BCUT2D eigenvalue weighted by Gasteiger charge is -2.23. The SMILES string of the molecule is Cn1ccnc1CCC(C)(CO)CO. The summed E-state index contributed by atoms with van der Waals surface area (Å²) in [5.74, 6) is 0.984. The molecule has 0 bridgehead atoms. The number of aliphatic hydroxyl groups excluding tert-OH is 2. The van der Waals surface area contributed by atoms with Crippen molar-refractivity contribution in [2.45, 2.75) is 19.8 Å². The summed E-state index contributed by atoms with van der Waals surface area (Å²) < 4.78 is 1.95. The topological polar surface area (TPSA) is 58.3 Å². The molecule has 0 atom stereocenters. The number of hydrogen-bond donors (Lipinski definition) is 2. The van der Waals surface area contributed by atoms with Crippen LogP contribution in [0.3, 0.4) is 0 Å². The lowest BCUT2D eigenvalue weighted by Crippen LogP contribution is -2.27. The van der Waals surface area contributed by atoms with Gasteiger partial charge in [0.15, 0.2) is 0 Å². The van der Waals surface area contributed by atoms with E-state index in [9.17, 15) is 0 Å². The average molecular weight is 198 g/mol. The van der Waals surface area contributed by atoms with Gasteiger partial charge in [0.2, 0.25) is 0 Å². The highest BCUT2D eigenvalue weighted by Crippen LogP contribution is 2.21. The quantitative estimate of drug-likeness (QED) is 0.717. The zero-order chi connectivity index (χ0) is 10.6. The molecule has 0 aromatic carbocycles. The fraction of sp³-hybridized carbons (Fsp3) is 0.700. The number of aryl methyl sites for hydroxylation is 2. The monoisotopic (exact) mass is 198 g/mol. The van der Waals surface area contributed by atoms with Gasteiger partial charge < -0.3 is 14.8 Å². The summed E-state index contributed by atoms with van der Waals surface area (Å²) in [7, 11) is 1.94. The van der Waals surface area contributed by atoms with Crippen molar-refractivity contribution in [1.82, 2.24) is 9.55 Å². The van der Waals surface area contributed by atoms with Crippen LogP contribution in [-0.4, -0.2) is 33.0 Å². The van der Waals surface area contributed by atoms with Crippen LogP contribution in [0.5, 0.6) is 0 Å². The molecule has 0 aliphatic rings. The minimum atomic E-state index is -0.397. The molecule has 14 heavy (non-hydrogen) atoms. The first kappa shape index (κ1) is 11.2. The fourth-order valence-electron chi connectivity index (χ4n) is 1.26. The molecule has 1 aromatic heterocycles. The third-order valence-electron chi connectivity index (χ3n) is 2.64. The van der Waals surface area contributed by atoms with Gasteiger partial charge in [-0.2, -0.15) is 0 Å². The predicted molar refractivity (Wildman–Crippen MR) is 53.8 cm³/mol. The zero-order valence-electron chi connectivity index (χ0n) is 8.77. The van der Waals surface area contributed by atoms with Crippen molar-refractivity contribution >= 4 is 0 Å². The molecule has 0 fully saturated rings. The number of hydrogen-bond acceptors (Lipinski definition) is 3. The molecule has 0 saturated heterocycles. The van der Waals surface area contributed by atoms with E-state index in [1.54, 1.807) is 6.20 Å². The first-order valence-corrected chi connectivity index (χ1v) is 4.79. The van der Waals surface area contributed by atoms with Gasteiger partial charge in [-0.05, 0) is 6.42 Å². The first-order chi connectivity index (χ1) is 6.61. The summed E-state index contributed by atoms with van der Waals surface area (Å²) in [5, 5.41) is 18.2. The summed E-state index contributed by atoms with van der Waals surface area (Å²) >= 11 is 0. The molecular formula is C10H18N2O2. The minimum Gasteiger partial charge on any atom is -0.396 e. The minimum absolute atomic E-state index is 0.00786. The second-order valence-corrected chi connectivity index (χ2v) is 4.08. The third-order valence-corrected chi connectivity index (χ3v) is 2.64. The maximum atomic E-state index is 9.10. The van der Waals surface area contributed by atoms with Crippen LogP contribution in [0, 0.1) is 5.41 Å². The number of aliphatic hydroxyl groups is 2. The Morgan fingerprint density at radius 1 is 1.43 bits per heavy atom.